The van der Waals surface area contributed by atoms with Gasteiger partial charge in [-0.15, -0.1) is 0 Å². The number of nitrogen functional groups attached to an aromatic ring is 2. The van der Waals surface area contributed by atoms with Crippen LogP contribution >= 0.6 is 15.9 Å². The predicted molar refractivity (Wildman–Crippen MR) is 193 cm³/mol. The summed E-state index contributed by atoms with van der Waals surface area (Å²) in [5, 5.41) is 14.9. The quantitative estimate of drug-likeness (QED) is 0.133. The monoisotopic (exact) mass is 780 g/mol. The molecule has 268 valence electrons. The van der Waals surface area contributed by atoms with Crippen molar-refractivity contribution in [1.29, 1.82) is 0 Å². The first kappa shape index (κ1) is 38.5. The number of aliphatic hydroxyl groups is 1. The maximum absolute atomic E-state index is 12.8. The van der Waals surface area contributed by atoms with Crippen molar-refractivity contribution in [2.75, 3.05) is 18.6 Å². The van der Waals surface area contributed by atoms with Crippen LogP contribution in [-0.4, -0.2) is 51.4 Å². The summed E-state index contributed by atoms with van der Waals surface area (Å²) in [7, 11) is -6.33. The smallest absolute Gasteiger partial charge is 0.242 e. The molecule has 16 heteroatoms. The lowest BCUT2D eigenvalue weighted by Crippen LogP contribution is -2.33. The fraction of sp³-hybridized carbons (Fsp3) is 0.455. The minimum Gasteiger partial charge on any atom is -0.400 e. The summed E-state index contributed by atoms with van der Waals surface area (Å²) in [4.78, 5) is 0.195. The van der Waals surface area contributed by atoms with Crippen molar-refractivity contribution in [1.82, 2.24) is 19.8 Å². The zero-order valence-electron chi connectivity index (χ0n) is 28.3. The van der Waals surface area contributed by atoms with Crippen LogP contribution in [0.2, 0.25) is 0 Å². The Balaban J connectivity index is 0.000000210. The largest absolute Gasteiger partial charge is 0.400 e. The molecule has 2 aromatic carbocycles. The lowest BCUT2D eigenvalue weighted by molar-refractivity contribution is 0.393. The van der Waals surface area contributed by atoms with Crippen molar-refractivity contribution in [2.45, 2.75) is 101 Å². The fourth-order valence-electron chi connectivity index (χ4n) is 6.33. The second-order valence-electron chi connectivity index (χ2n) is 12.2. The van der Waals surface area contributed by atoms with Gasteiger partial charge in [-0.3, -0.25) is 0 Å². The molecule has 0 saturated heterocycles. The Labute approximate surface area is 296 Å². The van der Waals surface area contributed by atoms with E-state index in [1.54, 1.807) is 44.2 Å². The molecular formula is C33H45BrN6O7S2. The SMILES string of the molecule is CO.Cc1noc(C)c1-c1cc(Br)c(N)c(S(=O)(=O)NC2CCCC2)c1.Cc1noc(C)c1-c1ccc(N)c(S(=O)(=O)NC2CCCC2)c1. The van der Waals surface area contributed by atoms with Crippen LogP contribution in [0.25, 0.3) is 22.3 Å². The number of nitrogens with one attached hydrogen (secondary N) is 2. The molecule has 0 amide bonds. The van der Waals surface area contributed by atoms with Crippen LogP contribution in [0.5, 0.6) is 0 Å². The lowest BCUT2D eigenvalue weighted by atomic mass is 10.0. The van der Waals surface area contributed by atoms with E-state index in [4.69, 9.17) is 25.6 Å². The summed E-state index contributed by atoms with van der Waals surface area (Å²) in [6, 6.07) is 8.36. The Hall–Kier alpha value is -3.28. The third kappa shape index (κ3) is 8.91. The van der Waals surface area contributed by atoms with Gasteiger partial charge in [-0.25, -0.2) is 26.3 Å². The van der Waals surface area contributed by atoms with Gasteiger partial charge in [0.1, 0.15) is 21.3 Å². The molecular weight excluding hydrogens is 736 g/mol. The highest BCUT2D eigenvalue weighted by Crippen LogP contribution is 2.37. The number of nitrogens with zero attached hydrogens (tertiary/aromatic N) is 2. The van der Waals surface area contributed by atoms with Crippen molar-refractivity contribution < 1.29 is 31.0 Å². The van der Waals surface area contributed by atoms with Gasteiger partial charge in [-0.1, -0.05) is 42.1 Å². The summed E-state index contributed by atoms with van der Waals surface area (Å²) in [5.74, 6) is 1.29. The van der Waals surface area contributed by atoms with Crippen LogP contribution in [0.4, 0.5) is 11.4 Å². The average Bonchev–Trinajstić information content (AvgIpc) is 3.87. The zero-order valence-corrected chi connectivity index (χ0v) is 31.6. The van der Waals surface area contributed by atoms with E-state index in [1.807, 2.05) is 13.8 Å². The number of hydrogen-bond acceptors (Lipinski definition) is 11. The molecule has 2 heterocycles. The Kier molecular flexibility index (Phi) is 12.7. The van der Waals surface area contributed by atoms with Crippen molar-refractivity contribution in [3.63, 3.8) is 0 Å². The van der Waals surface area contributed by atoms with E-state index in [2.05, 4.69) is 35.7 Å². The standard InChI is InChI=1S/C16H20BrN3O3S.C16H21N3O3S.CH4O/c1-9-15(10(2)23-19-9)11-7-13(17)16(18)14(8-11)24(21,22)20-12-5-3-4-6-12;1-10-16(11(2)22-18-10)12-7-8-14(17)15(9-12)23(20,21)19-13-5-3-4-6-13;1-2/h7-8,12,20H,3-6,18H2,1-2H3;7-9,13,19H,3-6,17H2,1-2H3;2H,1H3. The molecule has 4 aromatic rings. The Morgan fingerprint density at radius 3 is 1.59 bits per heavy atom. The highest BCUT2D eigenvalue weighted by molar-refractivity contribution is 9.10. The van der Waals surface area contributed by atoms with E-state index < -0.39 is 20.0 Å². The molecule has 2 saturated carbocycles. The normalized spacial score (nSPS) is 15.5. The summed E-state index contributed by atoms with van der Waals surface area (Å²) in [5.41, 5.74) is 16.9. The number of anilines is 2. The second-order valence-corrected chi connectivity index (χ2v) is 16.4. The molecule has 2 fully saturated rings. The summed E-state index contributed by atoms with van der Waals surface area (Å²) in [6.07, 6.45) is 7.69. The molecule has 0 radical (unpaired) electrons. The van der Waals surface area contributed by atoms with Gasteiger partial charge in [-0.2, -0.15) is 0 Å². The number of aliphatic hydroxyl groups excluding tert-OH is 1. The number of rotatable bonds is 8. The van der Waals surface area contributed by atoms with Crippen molar-refractivity contribution >= 4 is 47.4 Å². The Bertz CT molecular complexity index is 1940. The van der Waals surface area contributed by atoms with E-state index in [-0.39, 0.29) is 33.2 Å². The second kappa shape index (κ2) is 16.2. The average molecular weight is 782 g/mol. The van der Waals surface area contributed by atoms with Gasteiger partial charge in [0, 0.05) is 34.8 Å². The molecule has 13 nitrogen and oxygen atoms in total. The highest BCUT2D eigenvalue weighted by atomic mass is 79.9. The van der Waals surface area contributed by atoms with Gasteiger partial charge in [0.2, 0.25) is 20.0 Å². The third-order valence-electron chi connectivity index (χ3n) is 8.68. The number of aromatic nitrogens is 2. The Morgan fingerprint density at radius 2 is 1.14 bits per heavy atom. The molecule has 49 heavy (non-hydrogen) atoms. The van der Waals surface area contributed by atoms with Crippen LogP contribution in [0, 0.1) is 27.7 Å². The zero-order chi connectivity index (χ0) is 36.1. The molecule has 0 atom stereocenters. The topological polar surface area (TPSA) is 217 Å². The van der Waals surface area contributed by atoms with Crippen LogP contribution in [0.1, 0.15) is 74.3 Å². The fourth-order valence-corrected chi connectivity index (χ4v) is 9.86. The predicted octanol–water partition coefficient (Wildman–Crippen LogP) is 5.89. The van der Waals surface area contributed by atoms with Crippen molar-refractivity contribution in [3.8, 4) is 22.3 Å². The number of hydrogen-bond donors (Lipinski definition) is 5. The first-order valence-corrected chi connectivity index (χ1v) is 19.8. The first-order valence-electron chi connectivity index (χ1n) is 16.0. The molecule has 7 N–H and O–H groups in total. The van der Waals surface area contributed by atoms with Gasteiger partial charge in [0.15, 0.2) is 0 Å². The van der Waals surface area contributed by atoms with Gasteiger partial charge in [-0.05, 0) is 105 Å². The van der Waals surface area contributed by atoms with E-state index in [0.717, 1.165) is 80.9 Å². The number of benzene rings is 2. The Morgan fingerprint density at radius 1 is 0.714 bits per heavy atom. The number of halogens is 1. The van der Waals surface area contributed by atoms with E-state index >= 15 is 0 Å². The van der Waals surface area contributed by atoms with Crippen molar-refractivity contribution in [2.24, 2.45) is 0 Å². The van der Waals surface area contributed by atoms with E-state index in [1.165, 1.54) is 0 Å². The van der Waals surface area contributed by atoms with Gasteiger partial charge in [0.25, 0.3) is 0 Å². The lowest BCUT2D eigenvalue weighted by Gasteiger charge is -2.16. The maximum Gasteiger partial charge on any atom is 0.242 e. The van der Waals surface area contributed by atoms with E-state index in [9.17, 15) is 16.8 Å². The molecule has 0 aliphatic heterocycles. The summed E-state index contributed by atoms with van der Waals surface area (Å²) >= 11 is 3.37. The highest BCUT2D eigenvalue weighted by Gasteiger charge is 2.28. The van der Waals surface area contributed by atoms with Crippen LogP contribution in [-0.2, 0) is 20.0 Å². The van der Waals surface area contributed by atoms with Gasteiger partial charge in [0.05, 0.1) is 22.8 Å². The van der Waals surface area contributed by atoms with Crippen LogP contribution < -0.4 is 20.9 Å². The molecule has 6 rings (SSSR count). The minimum absolute atomic E-state index is 0.00196. The minimum atomic E-state index is -3.69. The first-order chi connectivity index (χ1) is 23.2. The summed E-state index contributed by atoms with van der Waals surface area (Å²) < 4.78 is 67.4. The molecule has 2 aliphatic rings. The molecule has 0 unspecified atom stereocenters. The number of aryl methyl sites for hydroxylation is 4. The molecule has 0 spiro atoms. The third-order valence-corrected chi connectivity index (χ3v) is 12.5. The van der Waals surface area contributed by atoms with Gasteiger partial charge >= 0.3 is 0 Å². The van der Waals surface area contributed by atoms with Crippen molar-refractivity contribution in [3.05, 3.63) is 57.7 Å². The number of nitrogens with two attached hydrogens (primary N) is 2. The maximum atomic E-state index is 12.8. The summed E-state index contributed by atoms with van der Waals surface area (Å²) in [6.45, 7) is 7.25. The molecule has 2 aliphatic carbocycles. The molecule has 0 bridgehead atoms. The van der Waals surface area contributed by atoms with Crippen LogP contribution in [0.3, 0.4) is 0 Å². The molecule has 2 aromatic heterocycles. The van der Waals surface area contributed by atoms with E-state index in [0.29, 0.717) is 27.3 Å². The van der Waals surface area contributed by atoms with Gasteiger partial charge < -0.3 is 25.6 Å². The van der Waals surface area contributed by atoms with Crippen LogP contribution in [0.15, 0.2) is 53.6 Å². The number of sulfonamides is 2.